The molecular formula is C21H27N3O2. The monoisotopic (exact) mass is 353 g/mol. The third-order valence-electron chi connectivity index (χ3n) is 4.02. The second-order valence-electron chi connectivity index (χ2n) is 6.75. The first-order chi connectivity index (χ1) is 12.4. The minimum atomic E-state index is -0.232. The van der Waals surface area contributed by atoms with E-state index in [1.807, 2.05) is 39.0 Å². The Morgan fingerprint density at radius 3 is 2.00 bits per heavy atom. The zero-order chi connectivity index (χ0) is 18.9. The smallest absolute Gasteiger partial charge is 0.319 e. The highest BCUT2D eigenvalue weighted by Gasteiger charge is 2.09. The van der Waals surface area contributed by atoms with Crippen molar-refractivity contribution >= 4 is 23.3 Å². The maximum atomic E-state index is 12.1. The molecule has 3 N–H and O–H groups in total. The molecule has 0 aliphatic carbocycles. The van der Waals surface area contributed by atoms with Gasteiger partial charge in [-0.05, 0) is 49.6 Å². The summed E-state index contributed by atoms with van der Waals surface area (Å²) in [4.78, 5) is 23.8. The maximum Gasteiger partial charge on any atom is 0.319 e. The van der Waals surface area contributed by atoms with Crippen molar-refractivity contribution in [2.24, 2.45) is 5.92 Å². The lowest BCUT2D eigenvalue weighted by atomic mass is 10.1. The first kappa shape index (κ1) is 19.5. The van der Waals surface area contributed by atoms with Crippen LogP contribution in [0.5, 0.6) is 0 Å². The Kier molecular flexibility index (Phi) is 7.21. The van der Waals surface area contributed by atoms with Crippen molar-refractivity contribution < 1.29 is 9.59 Å². The molecule has 0 radical (unpaired) electrons. The van der Waals surface area contributed by atoms with Crippen LogP contribution in [-0.4, -0.2) is 18.0 Å². The van der Waals surface area contributed by atoms with Crippen molar-refractivity contribution in [2.75, 3.05) is 10.6 Å². The lowest BCUT2D eigenvalue weighted by Gasteiger charge is -2.15. The lowest BCUT2D eigenvalue weighted by Crippen LogP contribution is -2.36. The SMILES string of the molecule is CC(C)C(=O)Nc1ccc(NC(=O)N[C@H](C)CCc2ccccc2)cc1. The molecule has 0 aliphatic heterocycles. The normalized spacial score (nSPS) is 11.7. The van der Waals surface area contributed by atoms with Crippen molar-refractivity contribution in [3.05, 3.63) is 60.2 Å². The van der Waals surface area contributed by atoms with Gasteiger partial charge in [0.15, 0.2) is 0 Å². The average molecular weight is 353 g/mol. The number of hydrogen-bond acceptors (Lipinski definition) is 2. The van der Waals surface area contributed by atoms with E-state index in [4.69, 9.17) is 0 Å². The Hall–Kier alpha value is -2.82. The Morgan fingerprint density at radius 2 is 1.42 bits per heavy atom. The summed E-state index contributed by atoms with van der Waals surface area (Å²) in [6.07, 6.45) is 1.80. The van der Waals surface area contributed by atoms with E-state index in [-0.39, 0.29) is 23.9 Å². The standard InChI is InChI=1S/C21H27N3O2/c1-15(2)20(25)23-18-11-13-19(14-12-18)24-21(26)22-16(3)9-10-17-7-5-4-6-8-17/h4-8,11-16H,9-10H2,1-3H3,(H,23,25)(H2,22,24,26)/t16-/m1/s1. The van der Waals surface area contributed by atoms with Gasteiger partial charge >= 0.3 is 6.03 Å². The van der Waals surface area contributed by atoms with Crippen molar-refractivity contribution in [1.29, 1.82) is 0 Å². The van der Waals surface area contributed by atoms with Gasteiger partial charge in [0.05, 0.1) is 0 Å². The fourth-order valence-electron chi connectivity index (χ4n) is 2.41. The van der Waals surface area contributed by atoms with Crippen LogP contribution in [0.1, 0.15) is 32.8 Å². The zero-order valence-electron chi connectivity index (χ0n) is 15.6. The summed E-state index contributed by atoms with van der Waals surface area (Å²) in [7, 11) is 0. The predicted octanol–water partition coefficient (Wildman–Crippen LogP) is 4.42. The molecule has 3 amide bonds. The molecule has 0 bridgehead atoms. The number of benzene rings is 2. The first-order valence-corrected chi connectivity index (χ1v) is 8.96. The Balaban J connectivity index is 1.77. The van der Waals surface area contributed by atoms with Gasteiger partial charge in [-0.25, -0.2) is 4.79 Å². The van der Waals surface area contributed by atoms with Gasteiger partial charge in [-0.1, -0.05) is 44.2 Å². The van der Waals surface area contributed by atoms with E-state index in [0.29, 0.717) is 11.4 Å². The van der Waals surface area contributed by atoms with Crippen molar-refractivity contribution in [1.82, 2.24) is 5.32 Å². The number of anilines is 2. The molecule has 5 nitrogen and oxygen atoms in total. The molecule has 0 saturated carbocycles. The van der Waals surface area contributed by atoms with Gasteiger partial charge in [0.2, 0.25) is 5.91 Å². The molecule has 0 fully saturated rings. The van der Waals surface area contributed by atoms with Crippen LogP contribution >= 0.6 is 0 Å². The van der Waals surface area contributed by atoms with E-state index in [1.165, 1.54) is 5.56 Å². The van der Waals surface area contributed by atoms with Crippen molar-refractivity contribution in [2.45, 2.75) is 39.7 Å². The Bertz CT molecular complexity index is 712. The molecule has 1 atom stereocenters. The molecule has 2 aromatic carbocycles. The van der Waals surface area contributed by atoms with Crippen LogP contribution in [0.25, 0.3) is 0 Å². The number of urea groups is 1. The second-order valence-corrected chi connectivity index (χ2v) is 6.75. The molecule has 0 unspecified atom stereocenters. The van der Waals surface area contributed by atoms with E-state index >= 15 is 0 Å². The van der Waals surface area contributed by atoms with Crippen LogP contribution in [0.3, 0.4) is 0 Å². The van der Waals surface area contributed by atoms with E-state index in [1.54, 1.807) is 24.3 Å². The van der Waals surface area contributed by atoms with Crippen molar-refractivity contribution in [3.63, 3.8) is 0 Å². The molecule has 2 rings (SSSR count). The minimum Gasteiger partial charge on any atom is -0.335 e. The fraction of sp³-hybridized carbons (Fsp3) is 0.333. The largest absolute Gasteiger partial charge is 0.335 e. The topological polar surface area (TPSA) is 70.2 Å². The highest BCUT2D eigenvalue weighted by atomic mass is 16.2. The van der Waals surface area contributed by atoms with Crippen molar-refractivity contribution in [3.8, 4) is 0 Å². The number of aryl methyl sites for hydroxylation is 1. The van der Waals surface area contributed by atoms with Crippen LogP contribution in [0.4, 0.5) is 16.2 Å². The fourth-order valence-corrected chi connectivity index (χ4v) is 2.41. The highest BCUT2D eigenvalue weighted by Crippen LogP contribution is 2.14. The van der Waals surface area contributed by atoms with Gasteiger partial charge in [0, 0.05) is 23.3 Å². The van der Waals surface area contributed by atoms with Crippen LogP contribution in [-0.2, 0) is 11.2 Å². The lowest BCUT2D eigenvalue weighted by molar-refractivity contribution is -0.118. The van der Waals surface area contributed by atoms with Crippen LogP contribution in [0.15, 0.2) is 54.6 Å². The summed E-state index contributed by atoms with van der Waals surface area (Å²) in [5, 5.41) is 8.57. The quantitative estimate of drug-likeness (QED) is 0.689. The molecule has 2 aromatic rings. The number of rotatable bonds is 7. The molecule has 138 valence electrons. The van der Waals surface area contributed by atoms with Gasteiger partial charge in [-0.3, -0.25) is 4.79 Å². The number of amides is 3. The zero-order valence-corrected chi connectivity index (χ0v) is 15.6. The average Bonchev–Trinajstić information content (AvgIpc) is 2.62. The van der Waals surface area contributed by atoms with E-state index < -0.39 is 0 Å². The van der Waals surface area contributed by atoms with Crippen LogP contribution in [0.2, 0.25) is 0 Å². The molecule has 5 heteroatoms. The summed E-state index contributed by atoms with van der Waals surface area (Å²) in [6.45, 7) is 5.68. The number of carbonyl (C=O) groups is 2. The summed E-state index contributed by atoms with van der Waals surface area (Å²) < 4.78 is 0. The molecule has 0 aromatic heterocycles. The van der Waals surface area contributed by atoms with Gasteiger partial charge in [0.1, 0.15) is 0 Å². The third-order valence-corrected chi connectivity index (χ3v) is 4.02. The number of carbonyl (C=O) groups excluding carboxylic acids is 2. The van der Waals surface area contributed by atoms with E-state index in [2.05, 4.69) is 28.1 Å². The molecule has 0 saturated heterocycles. The van der Waals surface area contributed by atoms with Gasteiger partial charge in [-0.2, -0.15) is 0 Å². The van der Waals surface area contributed by atoms with Gasteiger partial charge in [-0.15, -0.1) is 0 Å². The van der Waals surface area contributed by atoms with Gasteiger partial charge in [0.25, 0.3) is 0 Å². The second kappa shape index (κ2) is 9.61. The molecule has 26 heavy (non-hydrogen) atoms. The summed E-state index contributed by atoms with van der Waals surface area (Å²) >= 11 is 0. The third kappa shape index (κ3) is 6.59. The molecular weight excluding hydrogens is 326 g/mol. The first-order valence-electron chi connectivity index (χ1n) is 8.96. The number of hydrogen-bond donors (Lipinski definition) is 3. The minimum absolute atomic E-state index is 0.0318. The maximum absolute atomic E-state index is 12.1. The summed E-state index contributed by atoms with van der Waals surface area (Å²) in [6, 6.07) is 17.1. The molecule has 0 heterocycles. The summed E-state index contributed by atoms with van der Waals surface area (Å²) in [5.74, 6) is -0.105. The Labute approximate surface area is 155 Å². The van der Waals surface area contributed by atoms with E-state index in [0.717, 1.165) is 12.8 Å². The van der Waals surface area contributed by atoms with Crippen LogP contribution < -0.4 is 16.0 Å². The predicted molar refractivity (Wildman–Crippen MR) is 106 cm³/mol. The van der Waals surface area contributed by atoms with Gasteiger partial charge < -0.3 is 16.0 Å². The molecule has 0 aliphatic rings. The molecule has 0 spiro atoms. The highest BCUT2D eigenvalue weighted by molar-refractivity contribution is 5.93. The Morgan fingerprint density at radius 1 is 0.846 bits per heavy atom. The summed E-state index contributed by atoms with van der Waals surface area (Å²) in [5.41, 5.74) is 2.66. The number of nitrogens with one attached hydrogen (secondary N) is 3. The van der Waals surface area contributed by atoms with E-state index in [9.17, 15) is 9.59 Å². The van der Waals surface area contributed by atoms with Crippen LogP contribution in [0, 0.1) is 5.92 Å².